The molecule has 3 heterocycles. The van der Waals surface area contributed by atoms with E-state index in [1.165, 1.54) is 18.3 Å². The zero-order chi connectivity index (χ0) is 24.4. The van der Waals surface area contributed by atoms with Gasteiger partial charge in [-0.2, -0.15) is 0 Å². The second-order valence-corrected chi connectivity index (χ2v) is 8.17. The standard InChI is InChI=1S/C26H22N4O5/c31-24(27-14-17-6-9-22-19(12-17)10-11-35-22)20-15-30-21(2-1-3-23(30)29-20)25(32)28-13-16-4-7-18(8-5-16)26(33)34/h1-9,12,15H,10-11,13-14H2,(H,27,31)(H,28,32)(H,33,34). The lowest BCUT2D eigenvalue weighted by Gasteiger charge is -2.08. The maximum absolute atomic E-state index is 12.8. The Balaban J connectivity index is 1.26. The first-order valence-electron chi connectivity index (χ1n) is 11.1. The van der Waals surface area contributed by atoms with Crippen LogP contribution in [0, 0.1) is 0 Å². The summed E-state index contributed by atoms with van der Waals surface area (Å²) in [5.74, 6) is -0.796. The summed E-state index contributed by atoms with van der Waals surface area (Å²) in [4.78, 5) is 40.9. The van der Waals surface area contributed by atoms with E-state index < -0.39 is 5.97 Å². The number of ether oxygens (including phenoxy) is 1. The maximum Gasteiger partial charge on any atom is 0.335 e. The number of benzene rings is 2. The van der Waals surface area contributed by atoms with Crippen molar-refractivity contribution < 1.29 is 24.2 Å². The van der Waals surface area contributed by atoms with Crippen molar-refractivity contribution in [2.75, 3.05) is 6.61 Å². The molecule has 1 aliphatic heterocycles. The predicted octanol–water partition coefficient (Wildman–Crippen LogP) is 2.83. The number of carboxylic acids is 1. The minimum atomic E-state index is -1.01. The topological polar surface area (TPSA) is 122 Å². The normalized spacial score (nSPS) is 12.1. The van der Waals surface area contributed by atoms with Gasteiger partial charge in [0, 0.05) is 25.7 Å². The Morgan fingerprint density at radius 1 is 0.943 bits per heavy atom. The molecule has 2 aromatic carbocycles. The van der Waals surface area contributed by atoms with E-state index in [0.717, 1.165) is 28.9 Å². The second kappa shape index (κ2) is 9.30. The Morgan fingerprint density at radius 2 is 1.69 bits per heavy atom. The summed E-state index contributed by atoms with van der Waals surface area (Å²) in [6.07, 6.45) is 2.40. The van der Waals surface area contributed by atoms with Crippen LogP contribution in [0.25, 0.3) is 5.65 Å². The van der Waals surface area contributed by atoms with Gasteiger partial charge >= 0.3 is 5.97 Å². The highest BCUT2D eigenvalue weighted by atomic mass is 16.5. The molecule has 0 radical (unpaired) electrons. The fraction of sp³-hybridized carbons (Fsp3) is 0.154. The third-order valence-corrected chi connectivity index (χ3v) is 5.82. The number of amides is 2. The van der Waals surface area contributed by atoms with Crippen LogP contribution in [0.15, 0.2) is 66.9 Å². The Kier molecular flexibility index (Phi) is 5.88. The lowest BCUT2D eigenvalue weighted by Crippen LogP contribution is -2.25. The van der Waals surface area contributed by atoms with Crippen molar-refractivity contribution in [3.8, 4) is 5.75 Å². The molecular weight excluding hydrogens is 448 g/mol. The number of aromatic nitrogens is 2. The van der Waals surface area contributed by atoms with E-state index in [1.54, 1.807) is 34.7 Å². The molecule has 35 heavy (non-hydrogen) atoms. The van der Waals surface area contributed by atoms with Crippen LogP contribution in [0.2, 0.25) is 0 Å². The zero-order valence-electron chi connectivity index (χ0n) is 18.7. The predicted molar refractivity (Wildman–Crippen MR) is 127 cm³/mol. The number of carboxylic acid groups (broad SMARTS) is 1. The molecule has 0 unspecified atom stereocenters. The van der Waals surface area contributed by atoms with Crippen molar-refractivity contribution in [2.24, 2.45) is 0 Å². The molecule has 9 heteroatoms. The molecule has 0 spiro atoms. The van der Waals surface area contributed by atoms with Crippen LogP contribution in [0.5, 0.6) is 5.75 Å². The minimum absolute atomic E-state index is 0.180. The second-order valence-electron chi connectivity index (χ2n) is 8.17. The number of nitrogens with zero attached hydrogens (tertiary/aromatic N) is 2. The Morgan fingerprint density at radius 3 is 2.49 bits per heavy atom. The van der Waals surface area contributed by atoms with Gasteiger partial charge in [0.15, 0.2) is 0 Å². The zero-order valence-corrected chi connectivity index (χ0v) is 18.7. The Hall–Kier alpha value is -4.66. The quantitative estimate of drug-likeness (QED) is 0.382. The average molecular weight is 470 g/mol. The van der Waals surface area contributed by atoms with Crippen LogP contribution in [0.4, 0.5) is 0 Å². The van der Waals surface area contributed by atoms with E-state index in [0.29, 0.717) is 24.5 Å². The smallest absolute Gasteiger partial charge is 0.335 e. The van der Waals surface area contributed by atoms with E-state index >= 15 is 0 Å². The third kappa shape index (κ3) is 4.70. The van der Waals surface area contributed by atoms with Gasteiger partial charge in [0.05, 0.1) is 12.2 Å². The van der Waals surface area contributed by atoms with Crippen LogP contribution < -0.4 is 15.4 Å². The van der Waals surface area contributed by atoms with Gasteiger partial charge in [-0.3, -0.25) is 14.0 Å². The van der Waals surface area contributed by atoms with Crippen molar-refractivity contribution in [1.29, 1.82) is 0 Å². The monoisotopic (exact) mass is 470 g/mol. The number of imidazole rings is 1. The molecule has 0 atom stereocenters. The van der Waals surface area contributed by atoms with E-state index in [2.05, 4.69) is 15.6 Å². The molecule has 0 fully saturated rings. The number of carbonyl (C=O) groups is 3. The largest absolute Gasteiger partial charge is 0.493 e. The van der Waals surface area contributed by atoms with Crippen molar-refractivity contribution >= 4 is 23.4 Å². The van der Waals surface area contributed by atoms with Crippen LogP contribution in [-0.4, -0.2) is 38.9 Å². The summed E-state index contributed by atoms with van der Waals surface area (Å²) >= 11 is 0. The molecule has 3 N–H and O–H groups in total. The fourth-order valence-corrected chi connectivity index (χ4v) is 3.97. The summed E-state index contributed by atoms with van der Waals surface area (Å²) in [5.41, 5.74) is 4.07. The third-order valence-electron chi connectivity index (χ3n) is 5.82. The highest BCUT2D eigenvalue weighted by Gasteiger charge is 2.17. The molecule has 0 aliphatic carbocycles. The molecule has 2 amide bonds. The molecule has 1 aliphatic rings. The number of aromatic carboxylic acids is 1. The highest BCUT2D eigenvalue weighted by Crippen LogP contribution is 2.25. The summed E-state index contributed by atoms with van der Waals surface area (Å²) in [6, 6.07) is 17.2. The van der Waals surface area contributed by atoms with Gasteiger partial charge in [-0.25, -0.2) is 9.78 Å². The van der Waals surface area contributed by atoms with Gasteiger partial charge < -0.3 is 20.5 Å². The number of rotatable bonds is 7. The van der Waals surface area contributed by atoms with Gasteiger partial charge in [-0.1, -0.05) is 30.3 Å². The summed E-state index contributed by atoms with van der Waals surface area (Å²) in [6.45, 7) is 1.26. The average Bonchev–Trinajstić information content (AvgIpc) is 3.52. The number of carbonyl (C=O) groups excluding carboxylic acids is 2. The van der Waals surface area contributed by atoms with Gasteiger partial charge in [0.2, 0.25) is 0 Å². The van der Waals surface area contributed by atoms with Crippen LogP contribution in [-0.2, 0) is 19.5 Å². The van der Waals surface area contributed by atoms with Gasteiger partial charge in [0.25, 0.3) is 11.8 Å². The summed E-state index contributed by atoms with van der Waals surface area (Å²) < 4.78 is 7.09. The molecule has 0 saturated heterocycles. The first kappa shape index (κ1) is 22.1. The van der Waals surface area contributed by atoms with Crippen molar-refractivity contribution in [2.45, 2.75) is 19.5 Å². The summed E-state index contributed by atoms with van der Waals surface area (Å²) in [7, 11) is 0. The fourth-order valence-electron chi connectivity index (χ4n) is 3.97. The molecule has 0 bridgehead atoms. The van der Waals surface area contributed by atoms with E-state index in [1.807, 2.05) is 18.2 Å². The first-order valence-corrected chi connectivity index (χ1v) is 11.1. The lowest BCUT2D eigenvalue weighted by molar-refractivity contribution is 0.0696. The SMILES string of the molecule is O=C(O)c1ccc(CNC(=O)c2cccc3nc(C(=O)NCc4ccc5c(c4)CCO5)cn23)cc1. The lowest BCUT2D eigenvalue weighted by atomic mass is 10.1. The van der Waals surface area contributed by atoms with E-state index in [-0.39, 0.29) is 29.6 Å². The highest BCUT2D eigenvalue weighted by molar-refractivity contribution is 5.95. The number of nitrogens with one attached hydrogen (secondary N) is 2. The number of hydrogen-bond acceptors (Lipinski definition) is 5. The van der Waals surface area contributed by atoms with Gasteiger partial charge in [-0.15, -0.1) is 0 Å². The van der Waals surface area contributed by atoms with Crippen molar-refractivity contribution in [3.05, 3.63) is 101 Å². The molecule has 176 valence electrons. The molecule has 0 saturated carbocycles. The maximum atomic E-state index is 12.8. The molecular formula is C26H22N4O5. The minimum Gasteiger partial charge on any atom is -0.493 e. The molecule has 2 aromatic heterocycles. The van der Waals surface area contributed by atoms with Gasteiger partial charge in [0.1, 0.15) is 22.8 Å². The van der Waals surface area contributed by atoms with Crippen LogP contribution in [0.1, 0.15) is 48.0 Å². The van der Waals surface area contributed by atoms with E-state index in [4.69, 9.17) is 9.84 Å². The number of pyridine rings is 1. The Labute approximate surface area is 200 Å². The molecule has 4 aromatic rings. The number of hydrogen-bond donors (Lipinski definition) is 3. The molecule has 5 rings (SSSR count). The van der Waals surface area contributed by atoms with Crippen LogP contribution >= 0.6 is 0 Å². The Bertz CT molecular complexity index is 1440. The summed E-state index contributed by atoms with van der Waals surface area (Å²) in [5, 5.41) is 14.7. The van der Waals surface area contributed by atoms with Crippen molar-refractivity contribution in [1.82, 2.24) is 20.0 Å². The molecule has 9 nitrogen and oxygen atoms in total. The van der Waals surface area contributed by atoms with Gasteiger partial charge in [-0.05, 0) is 47.0 Å². The first-order chi connectivity index (χ1) is 17.0. The van der Waals surface area contributed by atoms with Crippen molar-refractivity contribution in [3.63, 3.8) is 0 Å². The van der Waals surface area contributed by atoms with E-state index in [9.17, 15) is 14.4 Å². The number of fused-ring (bicyclic) bond motifs is 2. The van der Waals surface area contributed by atoms with Crippen LogP contribution in [0.3, 0.4) is 0 Å².